The molecule has 1 saturated heterocycles. The Hall–Kier alpha value is -2.37. The third-order valence-corrected chi connectivity index (χ3v) is 3.78. The first-order chi connectivity index (χ1) is 10.0. The van der Waals surface area contributed by atoms with E-state index in [1.165, 1.54) is 0 Å². The van der Waals surface area contributed by atoms with Crippen LogP contribution in [0.4, 0.5) is 0 Å². The molecule has 0 saturated carbocycles. The molecular formula is C15H16N2O4. The molecule has 1 fully saturated rings. The Morgan fingerprint density at radius 3 is 3.00 bits per heavy atom. The molecule has 2 aromatic rings. The summed E-state index contributed by atoms with van der Waals surface area (Å²) in [6.07, 6.45) is 1.31. The second-order valence-electron chi connectivity index (χ2n) is 5.38. The summed E-state index contributed by atoms with van der Waals surface area (Å²) in [5, 5.41) is 9.08. The van der Waals surface area contributed by atoms with E-state index in [-0.39, 0.29) is 18.2 Å². The summed E-state index contributed by atoms with van der Waals surface area (Å²) >= 11 is 0. The molecule has 0 bridgehead atoms. The van der Waals surface area contributed by atoms with Gasteiger partial charge in [0.05, 0.1) is 5.92 Å². The maximum Gasteiger partial charge on any atom is 0.308 e. The number of furan rings is 1. The molecule has 1 amide bonds. The van der Waals surface area contributed by atoms with Crippen molar-refractivity contribution in [3.63, 3.8) is 0 Å². The summed E-state index contributed by atoms with van der Waals surface area (Å²) in [6, 6.07) is 5.22. The molecule has 21 heavy (non-hydrogen) atoms. The van der Waals surface area contributed by atoms with E-state index in [1.54, 1.807) is 17.0 Å². The molecule has 6 heteroatoms. The van der Waals surface area contributed by atoms with E-state index in [4.69, 9.17) is 9.52 Å². The number of carboxylic acid groups (broad SMARTS) is 1. The number of amides is 1. The molecule has 1 aliphatic heterocycles. The first kappa shape index (κ1) is 13.6. The lowest BCUT2D eigenvalue weighted by Crippen LogP contribution is -2.42. The molecule has 0 spiro atoms. The SMILES string of the molecule is Cc1ccc2oc(C(=O)N3CCCC(C(=O)O)C3)cc2n1. The Morgan fingerprint density at radius 2 is 2.24 bits per heavy atom. The predicted molar refractivity (Wildman–Crippen MR) is 75.0 cm³/mol. The number of carboxylic acids is 1. The Balaban J connectivity index is 1.84. The number of pyridine rings is 1. The normalized spacial score (nSPS) is 18.9. The van der Waals surface area contributed by atoms with Gasteiger partial charge in [0.1, 0.15) is 5.52 Å². The van der Waals surface area contributed by atoms with Gasteiger partial charge in [-0.2, -0.15) is 0 Å². The summed E-state index contributed by atoms with van der Waals surface area (Å²) in [7, 11) is 0. The highest BCUT2D eigenvalue weighted by Gasteiger charge is 2.30. The molecule has 0 aromatic carbocycles. The summed E-state index contributed by atoms with van der Waals surface area (Å²) in [5.74, 6) is -1.40. The highest BCUT2D eigenvalue weighted by Crippen LogP contribution is 2.22. The lowest BCUT2D eigenvalue weighted by atomic mass is 9.98. The maximum absolute atomic E-state index is 12.4. The van der Waals surface area contributed by atoms with E-state index in [0.717, 1.165) is 5.69 Å². The van der Waals surface area contributed by atoms with Crippen molar-refractivity contribution in [3.8, 4) is 0 Å². The van der Waals surface area contributed by atoms with Gasteiger partial charge < -0.3 is 14.4 Å². The molecular weight excluding hydrogens is 272 g/mol. The molecule has 1 unspecified atom stereocenters. The number of aryl methyl sites for hydroxylation is 1. The third kappa shape index (κ3) is 2.61. The number of carbonyl (C=O) groups excluding carboxylic acids is 1. The highest BCUT2D eigenvalue weighted by molar-refractivity contribution is 5.95. The molecule has 110 valence electrons. The number of nitrogens with zero attached hydrogens (tertiary/aromatic N) is 2. The quantitative estimate of drug-likeness (QED) is 0.914. The molecule has 6 nitrogen and oxygen atoms in total. The van der Waals surface area contributed by atoms with Gasteiger partial charge in [-0.15, -0.1) is 0 Å². The van der Waals surface area contributed by atoms with Crippen LogP contribution in [0.2, 0.25) is 0 Å². The van der Waals surface area contributed by atoms with Gasteiger partial charge in [0, 0.05) is 24.8 Å². The number of likely N-dealkylation sites (tertiary alicyclic amines) is 1. The number of carbonyl (C=O) groups is 2. The van der Waals surface area contributed by atoms with Crippen molar-refractivity contribution < 1.29 is 19.1 Å². The number of aliphatic carboxylic acids is 1. The number of aromatic nitrogens is 1. The van der Waals surface area contributed by atoms with Crippen LogP contribution in [-0.2, 0) is 4.79 Å². The topological polar surface area (TPSA) is 83.6 Å². The summed E-state index contributed by atoms with van der Waals surface area (Å²) < 4.78 is 5.53. The molecule has 1 aliphatic rings. The van der Waals surface area contributed by atoms with Gasteiger partial charge in [0.25, 0.3) is 5.91 Å². The smallest absolute Gasteiger partial charge is 0.308 e. The van der Waals surface area contributed by atoms with Crippen molar-refractivity contribution in [2.24, 2.45) is 5.92 Å². The fourth-order valence-electron chi connectivity index (χ4n) is 2.65. The highest BCUT2D eigenvalue weighted by atomic mass is 16.4. The van der Waals surface area contributed by atoms with E-state index in [1.807, 2.05) is 13.0 Å². The molecule has 0 radical (unpaired) electrons. The van der Waals surface area contributed by atoms with Gasteiger partial charge in [-0.05, 0) is 31.9 Å². The average molecular weight is 288 g/mol. The van der Waals surface area contributed by atoms with Crippen molar-refractivity contribution in [2.75, 3.05) is 13.1 Å². The summed E-state index contributed by atoms with van der Waals surface area (Å²) in [5.41, 5.74) is 2.06. The zero-order valence-electron chi connectivity index (χ0n) is 11.7. The minimum atomic E-state index is -0.852. The Labute approximate surface area is 121 Å². The minimum absolute atomic E-state index is 0.217. The van der Waals surface area contributed by atoms with Crippen LogP contribution in [0.3, 0.4) is 0 Å². The second kappa shape index (κ2) is 5.20. The van der Waals surface area contributed by atoms with Crippen molar-refractivity contribution in [1.29, 1.82) is 0 Å². The van der Waals surface area contributed by atoms with Crippen LogP contribution in [0, 0.1) is 12.8 Å². The van der Waals surface area contributed by atoms with Crippen LogP contribution >= 0.6 is 0 Å². The summed E-state index contributed by atoms with van der Waals surface area (Å²) in [6.45, 7) is 2.67. The number of hydrogen-bond acceptors (Lipinski definition) is 4. The first-order valence-electron chi connectivity index (χ1n) is 6.94. The van der Waals surface area contributed by atoms with Gasteiger partial charge in [0.15, 0.2) is 11.3 Å². The van der Waals surface area contributed by atoms with Gasteiger partial charge >= 0.3 is 5.97 Å². The largest absolute Gasteiger partial charge is 0.481 e. The first-order valence-corrected chi connectivity index (χ1v) is 6.94. The number of piperidine rings is 1. The monoisotopic (exact) mass is 288 g/mol. The van der Waals surface area contributed by atoms with Gasteiger partial charge in [-0.3, -0.25) is 9.59 Å². The van der Waals surface area contributed by atoms with Crippen LogP contribution in [0.5, 0.6) is 0 Å². The van der Waals surface area contributed by atoms with E-state index < -0.39 is 11.9 Å². The van der Waals surface area contributed by atoms with Gasteiger partial charge in [-0.1, -0.05) is 0 Å². The van der Waals surface area contributed by atoms with Crippen LogP contribution in [0.15, 0.2) is 22.6 Å². The van der Waals surface area contributed by atoms with Crippen molar-refractivity contribution in [3.05, 3.63) is 29.7 Å². The fraction of sp³-hybridized carbons (Fsp3) is 0.400. The molecule has 3 heterocycles. The van der Waals surface area contributed by atoms with Gasteiger partial charge in [-0.25, -0.2) is 4.98 Å². The van der Waals surface area contributed by atoms with Crippen LogP contribution < -0.4 is 0 Å². The predicted octanol–water partition coefficient (Wildman–Crippen LogP) is 2.07. The summed E-state index contributed by atoms with van der Waals surface area (Å²) in [4.78, 5) is 29.4. The van der Waals surface area contributed by atoms with Crippen LogP contribution in [0.1, 0.15) is 29.1 Å². The fourth-order valence-corrected chi connectivity index (χ4v) is 2.65. The minimum Gasteiger partial charge on any atom is -0.481 e. The second-order valence-corrected chi connectivity index (χ2v) is 5.38. The van der Waals surface area contributed by atoms with Gasteiger partial charge in [0.2, 0.25) is 0 Å². The molecule has 3 rings (SSSR count). The van der Waals surface area contributed by atoms with Crippen molar-refractivity contribution >= 4 is 23.0 Å². The van der Waals surface area contributed by atoms with E-state index >= 15 is 0 Å². The average Bonchev–Trinajstić information content (AvgIpc) is 2.89. The van der Waals surface area contributed by atoms with E-state index in [0.29, 0.717) is 30.5 Å². The number of fused-ring (bicyclic) bond motifs is 1. The number of rotatable bonds is 2. The third-order valence-electron chi connectivity index (χ3n) is 3.78. The zero-order valence-corrected chi connectivity index (χ0v) is 11.7. The molecule has 0 aliphatic carbocycles. The lowest BCUT2D eigenvalue weighted by molar-refractivity contribution is -0.143. The lowest BCUT2D eigenvalue weighted by Gasteiger charge is -2.29. The Morgan fingerprint density at radius 1 is 1.43 bits per heavy atom. The molecule has 1 N–H and O–H groups in total. The van der Waals surface area contributed by atoms with Crippen LogP contribution in [-0.4, -0.2) is 40.0 Å². The standard InChI is InChI=1S/C15H16N2O4/c1-9-4-5-12-11(16-9)7-13(21-12)14(18)17-6-2-3-10(8-17)15(19)20/h4-5,7,10H,2-3,6,8H2,1H3,(H,19,20). The molecule has 1 atom stereocenters. The Kier molecular flexibility index (Phi) is 3.37. The van der Waals surface area contributed by atoms with E-state index in [2.05, 4.69) is 4.98 Å². The van der Waals surface area contributed by atoms with Crippen molar-refractivity contribution in [2.45, 2.75) is 19.8 Å². The number of hydrogen-bond donors (Lipinski definition) is 1. The Bertz CT molecular complexity index is 707. The van der Waals surface area contributed by atoms with Crippen molar-refractivity contribution in [1.82, 2.24) is 9.88 Å². The maximum atomic E-state index is 12.4. The van der Waals surface area contributed by atoms with Crippen LogP contribution in [0.25, 0.3) is 11.1 Å². The molecule has 2 aromatic heterocycles. The van der Waals surface area contributed by atoms with E-state index in [9.17, 15) is 9.59 Å². The zero-order chi connectivity index (χ0) is 15.0.